The third-order valence-corrected chi connectivity index (χ3v) is 4.77. The normalized spacial score (nSPS) is 18.0. The maximum Gasteiger partial charge on any atom is 0.276 e. The third kappa shape index (κ3) is 4.46. The Morgan fingerprint density at radius 1 is 1.36 bits per heavy atom. The van der Waals surface area contributed by atoms with Crippen LogP contribution in [0.3, 0.4) is 0 Å². The first kappa shape index (κ1) is 17.6. The molecule has 134 valence electrons. The number of hydrogen-bond acceptors (Lipinski definition) is 4. The summed E-state index contributed by atoms with van der Waals surface area (Å²) in [5.41, 5.74) is 3.51. The number of aromatic amines is 1. The second-order valence-electron chi connectivity index (χ2n) is 7.05. The number of anilines is 1. The first-order chi connectivity index (χ1) is 12.0. The van der Waals surface area contributed by atoms with E-state index in [9.17, 15) is 4.79 Å². The number of H-pyrrole nitrogens is 1. The van der Waals surface area contributed by atoms with Crippen LogP contribution in [0, 0.1) is 0 Å². The van der Waals surface area contributed by atoms with Crippen LogP contribution in [0.2, 0.25) is 0 Å². The molecule has 1 atom stereocenters. The van der Waals surface area contributed by atoms with Crippen molar-refractivity contribution in [1.29, 1.82) is 0 Å². The van der Waals surface area contributed by atoms with Crippen molar-refractivity contribution < 1.29 is 4.79 Å². The monoisotopic (exact) mass is 341 g/mol. The second-order valence-corrected chi connectivity index (χ2v) is 7.05. The molecule has 1 aromatic carbocycles. The van der Waals surface area contributed by atoms with Crippen molar-refractivity contribution in [3.8, 4) is 0 Å². The summed E-state index contributed by atoms with van der Waals surface area (Å²) in [6.07, 6.45) is 3.29. The first-order valence-electron chi connectivity index (χ1n) is 8.83. The predicted molar refractivity (Wildman–Crippen MR) is 99.8 cm³/mol. The molecule has 1 aliphatic heterocycles. The smallest absolute Gasteiger partial charge is 0.276 e. The molecule has 0 aliphatic carbocycles. The minimum absolute atomic E-state index is 0.177. The van der Waals surface area contributed by atoms with Gasteiger partial charge in [0.25, 0.3) is 5.91 Å². The zero-order valence-corrected chi connectivity index (χ0v) is 15.2. The van der Waals surface area contributed by atoms with E-state index in [1.165, 1.54) is 12.0 Å². The fraction of sp³-hybridized carbons (Fsp3) is 0.474. The molecule has 3 rings (SSSR count). The Hall–Kier alpha value is -2.18. The summed E-state index contributed by atoms with van der Waals surface area (Å²) in [4.78, 5) is 16.9. The highest BCUT2D eigenvalue weighted by Crippen LogP contribution is 2.29. The van der Waals surface area contributed by atoms with Crippen LogP contribution in [0.4, 0.5) is 5.69 Å². The number of aromatic nitrogens is 2. The van der Waals surface area contributed by atoms with Gasteiger partial charge in [-0.3, -0.25) is 14.8 Å². The van der Waals surface area contributed by atoms with Crippen molar-refractivity contribution in [1.82, 2.24) is 20.0 Å². The van der Waals surface area contributed by atoms with Crippen LogP contribution in [-0.2, 0) is 6.42 Å². The van der Waals surface area contributed by atoms with Gasteiger partial charge in [0.05, 0.1) is 11.7 Å². The average molecular weight is 341 g/mol. The second kappa shape index (κ2) is 7.80. The molecule has 2 N–H and O–H groups in total. The van der Waals surface area contributed by atoms with Gasteiger partial charge in [0, 0.05) is 12.2 Å². The van der Waals surface area contributed by atoms with Gasteiger partial charge in [-0.1, -0.05) is 12.1 Å². The highest BCUT2D eigenvalue weighted by atomic mass is 16.1. The molecule has 1 aliphatic rings. The molecule has 1 aromatic heterocycles. The van der Waals surface area contributed by atoms with Gasteiger partial charge >= 0.3 is 0 Å². The number of amides is 1. The third-order valence-electron chi connectivity index (χ3n) is 4.77. The summed E-state index contributed by atoms with van der Waals surface area (Å²) in [7, 11) is 6.24. The summed E-state index contributed by atoms with van der Waals surface area (Å²) in [6, 6.07) is 10.2. The Morgan fingerprint density at radius 2 is 2.12 bits per heavy atom. The van der Waals surface area contributed by atoms with Crippen LogP contribution < -0.4 is 5.32 Å². The Balaban J connectivity index is 1.59. The number of likely N-dealkylation sites (N-methyl/N-ethyl adjacent to an activating group) is 1. The van der Waals surface area contributed by atoms with Gasteiger partial charge in [-0.25, -0.2) is 0 Å². The molecule has 2 aromatic rings. The highest BCUT2D eigenvalue weighted by Gasteiger charge is 2.25. The number of carbonyl (C=O) groups excluding carboxylic acids is 1. The maximum atomic E-state index is 12.4. The molecule has 6 nitrogen and oxygen atoms in total. The molecular formula is C19H27N5O. The summed E-state index contributed by atoms with van der Waals surface area (Å²) >= 11 is 0. The summed E-state index contributed by atoms with van der Waals surface area (Å²) in [5.74, 6) is -0.177. The summed E-state index contributed by atoms with van der Waals surface area (Å²) < 4.78 is 0. The number of nitrogens with one attached hydrogen (secondary N) is 2. The van der Waals surface area contributed by atoms with Gasteiger partial charge in [-0.2, -0.15) is 5.10 Å². The molecule has 0 spiro atoms. The Labute approximate surface area is 149 Å². The molecular weight excluding hydrogens is 314 g/mol. The lowest BCUT2D eigenvalue weighted by Crippen LogP contribution is -2.17. The Bertz CT molecular complexity index is 707. The van der Waals surface area contributed by atoms with Crippen molar-refractivity contribution >= 4 is 11.6 Å². The Morgan fingerprint density at radius 3 is 2.76 bits per heavy atom. The number of rotatable bonds is 6. The zero-order chi connectivity index (χ0) is 17.8. The van der Waals surface area contributed by atoms with Gasteiger partial charge in [-0.15, -0.1) is 0 Å². The van der Waals surface area contributed by atoms with E-state index in [1.54, 1.807) is 0 Å². The van der Waals surface area contributed by atoms with E-state index in [4.69, 9.17) is 0 Å². The van der Waals surface area contributed by atoms with Crippen molar-refractivity contribution in [3.05, 3.63) is 47.3 Å². The number of benzene rings is 1. The van der Waals surface area contributed by atoms with Crippen LogP contribution in [0.25, 0.3) is 0 Å². The van der Waals surface area contributed by atoms with E-state index in [2.05, 4.69) is 58.6 Å². The number of nitrogens with zero attached hydrogens (tertiary/aromatic N) is 3. The van der Waals surface area contributed by atoms with E-state index < -0.39 is 0 Å². The van der Waals surface area contributed by atoms with E-state index in [0.717, 1.165) is 37.3 Å². The minimum Gasteiger partial charge on any atom is -0.321 e. The highest BCUT2D eigenvalue weighted by molar-refractivity contribution is 6.02. The standard InChI is InChI=1S/C19H27N5O/c1-23(2)12-10-14-6-8-15(9-7-14)20-19(25)17-13-16(21-22-17)18-5-4-11-24(18)3/h6-9,13,18H,4-5,10-12H2,1-3H3,(H,20,25)(H,21,22). The first-order valence-corrected chi connectivity index (χ1v) is 8.83. The van der Waals surface area contributed by atoms with Crippen molar-refractivity contribution in [2.24, 2.45) is 0 Å². The van der Waals surface area contributed by atoms with Gasteiger partial charge < -0.3 is 10.2 Å². The zero-order valence-electron chi connectivity index (χ0n) is 15.2. The van der Waals surface area contributed by atoms with Gasteiger partial charge in [-0.05, 0) is 70.7 Å². The lowest BCUT2D eigenvalue weighted by atomic mass is 10.1. The van der Waals surface area contributed by atoms with E-state index in [-0.39, 0.29) is 5.91 Å². The molecule has 25 heavy (non-hydrogen) atoms. The molecule has 1 fully saturated rings. The summed E-state index contributed by atoms with van der Waals surface area (Å²) in [5, 5.41) is 10.1. The lowest BCUT2D eigenvalue weighted by molar-refractivity contribution is 0.102. The van der Waals surface area contributed by atoms with Crippen LogP contribution in [0.1, 0.15) is 40.6 Å². The van der Waals surface area contributed by atoms with Gasteiger partial charge in [0.1, 0.15) is 0 Å². The van der Waals surface area contributed by atoms with Gasteiger partial charge in [0.2, 0.25) is 0 Å². The van der Waals surface area contributed by atoms with Crippen molar-refractivity contribution in [2.75, 3.05) is 39.5 Å². The SMILES string of the molecule is CN(C)CCc1ccc(NC(=O)c2cc(C3CCCN3C)[nH]n2)cc1. The molecule has 1 amide bonds. The van der Waals surface area contributed by atoms with E-state index >= 15 is 0 Å². The molecule has 6 heteroatoms. The number of carbonyl (C=O) groups is 1. The van der Waals surface area contributed by atoms with Crippen molar-refractivity contribution in [2.45, 2.75) is 25.3 Å². The fourth-order valence-electron chi connectivity index (χ4n) is 3.23. The number of likely N-dealkylation sites (tertiary alicyclic amines) is 1. The largest absolute Gasteiger partial charge is 0.321 e. The van der Waals surface area contributed by atoms with E-state index in [0.29, 0.717) is 11.7 Å². The van der Waals surface area contributed by atoms with Crippen molar-refractivity contribution in [3.63, 3.8) is 0 Å². The molecule has 1 unspecified atom stereocenters. The lowest BCUT2D eigenvalue weighted by Gasteiger charge is -2.16. The van der Waals surface area contributed by atoms with E-state index in [1.807, 2.05) is 18.2 Å². The Kier molecular flexibility index (Phi) is 5.50. The molecule has 0 radical (unpaired) electrons. The fourth-order valence-corrected chi connectivity index (χ4v) is 3.23. The average Bonchev–Trinajstić information content (AvgIpc) is 3.22. The molecule has 2 heterocycles. The van der Waals surface area contributed by atoms with Crippen LogP contribution in [0.5, 0.6) is 0 Å². The van der Waals surface area contributed by atoms with Crippen LogP contribution >= 0.6 is 0 Å². The minimum atomic E-state index is -0.177. The predicted octanol–water partition coefficient (Wildman–Crippen LogP) is 2.53. The molecule has 0 saturated carbocycles. The summed E-state index contributed by atoms with van der Waals surface area (Å²) in [6.45, 7) is 2.10. The topological polar surface area (TPSA) is 64.3 Å². The van der Waals surface area contributed by atoms with Crippen LogP contribution in [-0.4, -0.2) is 60.1 Å². The quantitative estimate of drug-likeness (QED) is 0.847. The maximum absolute atomic E-state index is 12.4. The van der Waals surface area contributed by atoms with Crippen LogP contribution in [0.15, 0.2) is 30.3 Å². The number of hydrogen-bond donors (Lipinski definition) is 2. The molecule has 1 saturated heterocycles. The van der Waals surface area contributed by atoms with Gasteiger partial charge in [0.15, 0.2) is 5.69 Å². The molecule has 0 bridgehead atoms.